The van der Waals surface area contributed by atoms with Crippen LogP contribution < -0.4 is 10.6 Å². The molecule has 1 saturated heterocycles. The van der Waals surface area contributed by atoms with Crippen LogP contribution in [0.4, 0.5) is 0 Å². The van der Waals surface area contributed by atoms with Gasteiger partial charge in [0.1, 0.15) is 0 Å². The van der Waals surface area contributed by atoms with Gasteiger partial charge in [0.2, 0.25) is 0 Å². The van der Waals surface area contributed by atoms with Crippen LogP contribution in [0.2, 0.25) is 0 Å². The Kier molecular flexibility index (Phi) is 5.46. The van der Waals surface area contributed by atoms with Crippen molar-refractivity contribution in [3.63, 3.8) is 0 Å². The van der Waals surface area contributed by atoms with Crippen LogP contribution in [0.1, 0.15) is 37.7 Å². The summed E-state index contributed by atoms with van der Waals surface area (Å²) < 4.78 is 11.8. The van der Waals surface area contributed by atoms with Crippen LogP contribution in [-0.2, 0) is 16.1 Å². The second-order valence-corrected chi connectivity index (χ2v) is 7.84. The quantitative estimate of drug-likeness (QED) is 0.467. The fraction of sp³-hybridized carbons (Fsp3) is 0.667. The number of rotatable bonds is 6. The second-order valence-electron chi connectivity index (χ2n) is 7.84. The average molecular weight is 357 g/mol. The van der Waals surface area contributed by atoms with Crippen molar-refractivity contribution in [3.8, 4) is 0 Å². The Morgan fingerprint density at radius 3 is 2.85 bits per heavy atom. The number of fused-ring (bicyclic) bond motifs is 2. The van der Waals surface area contributed by atoms with Gasteiger partial charge in [-0.3, -0.25) is 4.99 Å². The Bertz CT molecular complexity index is 613. The minimum atomic E-state index is 0.350. The smallest absolute Gasteiger partial charge is 0.191 e. The van der Waals surface area contributed by atoms with E-state index in [2.05, 4.69) is 27.8 Å². The minimum Gasteiger partial charge on any atom is -0.377 e. The number of nitrogens with one attached hydrogen (secondary N) is 2. The van der Waals surface area contributed by atoms with E-state index in [1.165, 1.54) is 37.7 Å². The normalized spacial score (nSPS) is 29.4. The zero-order chi connectivity index (χ0) is 17.8. The second kappa shape index (κ2) is 7.97. The monoisotopic (exact) mass is 357 g/mol. The van der Waals surface area contributed by atoms with Gasteiger partial charge in [-0.05, 0) is 24.8 Å². The molecule has 5 heteroatoms. The molecule has 5 nitrogen and oxygen atoms in total. The fourth-order valence-electron chi connectivity index (χ4n) is 5.25. The molecule has 1 aliphatic heterocycles. The number of aliphatic imine (C=N–C) groups is 1. The van der Waals surface area contributed by atoms with Gasteiger partial charge in [-0.15, -0.1) is 0 Å². The van der Waals surface area contributed by atoms with Gasteiger partial charge in [-0.1, -0.05) is 43.2 Å². The molecule has 1 aromatic carbocycles. The van der Waals surface area contributed by atoms with E-state index >= 15 is 0 Å². The highest BCUT2D eigenvalue weighted by atomic mass is 16.5. The first-order chi connectivity index (χ1) is 12.8. The third-order valence-electron chi connectivity index (χ3n) is 6.45. The van der Waals surface area contributed by atoms with E-state index in [0.717, 1.165) is 19.1 Å². The molecule has 1 aromatic rings. The third kappa shape index (κ3) is 3.35. The average Bonchev–Trinajstić information content (AvgIpc) is 3.33. The predicted molar refractivity (Wildman–Crippen MR) is 103 cm³/mol. The van der Waals surface area contributed by atoms with Crippen molar-refractivity contribution in [3.05, 3.63) is 35.9 Å². The Hall–Kier alpha value is -1.59. The van der Waals surface area contributed by atoms with E-state index in [-0.39, 0.29) is 0 Å². The molecule has 142 valence electrons. The molecule has 2 aliphatic carbocycles. The first-order valence-electron chi connectivity index (χ1n) is 10.0. The van der Waals surface area contributed by atoms with E-state index in [4.69, 9.17) is 9.47 Å². The molecule has 2 N–H and O–H groups in total. The number of guanidine groups is 1. The van der Waals surface area contributed by atoms with Crippen molar-refractivity contribution < 1.29 is 9.47 Å². The first-order valence-corrected chi connectivity index (χ1v) is 10.0. The molecule has 4 rings (SSSR count). The summed E-state index contributed by atoms with van der Waals surface area (Å²) in [4.78, 5) is 4.43. The molecule has 3 unspecified atom stereocenters. The minimum absolute atomic E-state index is 0.350. The van der Waals surface area contributed by atoms with E-state index in [9.17, 15) is 0 Å². The lowest BCUT2D eigenvalue weighted by molar-refractivity contribution is -0.125. The van der Waals surface area contributed by atoms with Gasteiger partial charge in [0, 0.05) is 37.6 Å². The Balaban J connectivity index is 1.23. The SMILES string of the molecule is CN=C(NCCOCc1ccccc1)NC1C2CCOC2C12CCCC2. The molecule has 26 heavy (non-hydrogen) atoms. The van der Waals surface area contributed by atoms with Crippen LogP contribution >= 0.6 is 0 Å². The molecule has 0 radical (unpaired) electrons. The summed E-state index contributed by atoms with van der Waals surface area (Å²) in [6.45, 7) is 3.01. The zero-order valence-corrected chi connectivity index (χ0v) is 15.7. The topological polar surface area (TPSA) is 54.9 Å². The summed E-state index contributed by atoms with van der Waals surface area (Å²) in [6, 6.07) is 10.8. The highest BCUT2D eigenvalue weighted by Crippen LogP contribution is 2.60. The van der Waals surface area contributed by atoms with Gasteiger partial charge in [0.25, 0.3) is 0 Å². The zero-order valence-electron chi connectivity index (χ0n) is 15.7. The van der Waals surface area contributed by atoms with Gasteiger partial charge in [-0.2, -0.15) is 0 Å². The van der Waals surface area contributed by atoms with E-state index in [0.29, 0.717) is 36.7 Å². The Morgan fingerprint density at radius 1 is 1.27 bits per heavy atom. The molecule has 0 bridgehead atoms. The molecule has 0 aromatic heterocycles. The van der Waals surface area contributed by atoms with Crippen molar-refractivity contribution in [1.82, 2.24) is 10.6 Å². The van der Waals surface area contributed by atoms with Crippen molar-refractivity contribution in [2.24, 2.45) is 16.3 Å². The number of benzene rings is 1. The van der Waals surface area contributed by atoms with Crippen LogP contribution in [0.15, 0.2) is 35.3 Å². The summed E-state index contributed by atoms with van der Waals surface area (Å²) in [5.41, 5.74) is 1.56. The number of nitrogens with zero attached hydrogens (tertiary/aromatic N) is 1. The predicted octanol–water partition coefficient (Wildman–Crippen LogP) is 2.72. The molecular weight excluding hydrogens is 326 g/mol. The number of hydrogen-bond acceptors (Lipinski definition) is 3. The molecule has 1 heterocycles. The van der Waals surface area contributed by atoms with E-state index in [1.54, 1.807) is 0 Å². The Labute approximate surface area is 156 Å². The van der Waals surface area contributed by atoms with Crippen LogP contribution in [0.5, 0.6) is 0 Å². The summed E-state index contributed by atoms with van der Waals surface area (Å²) >= 11 is 0. The van der Waals surface area contributed by atoms with Crippen molar-refractivity contribution >= 4 is 5.96 Å². The van der Waals surface area contributed by atoms with Crippen LogP contribution in [0, 0.1) is 11.3 Å². The maximum Gasteiger partial charge on any atom is 0.191 e. The third-order valence-corrected chi connectivity index (χ3v) is 6.45. The standard InChI is InChI=1S/C21H31N3O2/c1-22-20(23-12-14-25-15-16-7-3-2-4-8-16)24-18-17-9-13-26-19(17)21(18)10-5-6-11-21/h2-4,7-8,17-19H,5-6,9-15H2,1H3,(H2,22,23,24). The van der Waals surface area contributed by atoms with Gasteiger partial charge < -0.3 is 20.1 Å². The largest absolute Gasteiger partial charge is 0.377 e. The van der Waals surface area contributed by atoms with Crippen LogP contribution in [0.3, 0.4) is 0 Å². The fourth-order valence-corrected chi connectivity index (χ4v) is 5.25. The maximum absolute atomic E-state index is 6.07. The molecule has 1 spiro atoms. The highest BCUT2D eigenvalue weighted by molar-refractivity contribution is 5.80. The van der Waals surface area contributed by atoms with Crippen molar-refractivity contribution in [1.29, 1.82) is 0 Å². The van der Waals surface area contributed by atoms with Crippen molar-refractivity contribution in [2.75, 3.05) is 26.8 Å². The van der Waals surface area contributed by atoms with Gasteiger partial charge in [-0.25, -0.2) is 0 Å². The Morgan fingerprint density at radius 2 is 2.08 bits per heavy atom. The lowest BCUT2D eigenvalue weighted by Gasteiger charge is -2.57. The van der Waals surface area contributed by atoms with Crippen LogP contribution in [0.25, 0.3) is 0 Å². The lowest BCUT2D eigenvalue weighted by Crippen LogP contribution is -2.69. The molecule has 3 fully saturated rings. The summed E-state index contributed by atoms with van der Waals surface area (Å²) in [7, 11) is 1.85. The number of hydrogen-bond donors (Lipinski definition) is 2. The van der Waals surface area contributed by atoms with E-state index in [1.807, 2.05) is 25.2 Å². The molecule has 0 amide bonds. The van der Waals surface area contributed by atoms with Gasteiger partial charge >= 0.3 is 0 Å². The molecular formula is C21H31N3O2. The maximum atomic E-state index is 6.07. The number of ether oxygens (including phenoxy) is 2. The molecule has 3 aliphatic rings. The van der Waals surface area contributed by atoms with Crippen molar-refractivity contribution in [2.45, 2.75) is 50.9 Å². The lowest BCUT2D eigenvalue weighted by atomic mass is 9.54. The molecule has 2 saturated carbocycles. The first kappa shape index (κ1) is 17.8. The summed E-state index contributed by atoms with van der Waals surface area (Å²) in [5, 5.41) is 7.13. The summed E-state index contributed by atoms with van der Waals surface area (Å²) in [6.07, 6.45) is 6.93. The summed E-state index contributed by atoms with van der Waals surface area (Å²) in [5.74, 6) is 1.55. The van der Waals surface area contributed by atoms with Gasteiger partial charge in [0.05, 0.1) is 19.3 Å². The van der Waals surface area contributed by atoms with Gasteiger partial charge in [0.15, 0.2) is 5.96 Å². The highest BCUT2D eigenvalue weighted by Gasteiger charge is 2.65. The van der Waals surface area contributed by atoms with E-state index < -0.39 is 0 Å². The molecule has 3 atom stereocenters. The van der Waals surface area contributed by atoms with Crippen LogP contribution in [-0.4, -0.2) is 44.9 Å².